The van der Waals surface area contributed by atoms with Gasteiger partial charge in [-0.3, -0.25) is 4.79 Å². The Morgan fingerprint density at radius 1 is 1.43 bits per heavy atom. The van der Waals surface area contributed by atoms with E-state index in [4.69, 9.17) is 16.7 Å². The van der Waals surface area contributed by atoms with Crippen molar-refractivity contribution in [2.75, 3.05) is 6.54 Å². The van der Waals surface area contributed by atoms with E-state index in [2.05, 4.69) is 5.32 Å². The number of hydrogen-bond acceptors (Lipinski definition) is 3. The molecule has 0 fully saturated rings. The van der Waals surface area contributed by atoms with Gasteiger partial charge in [0.05, 0.1) is 10.6 Å². The predicted octanol–water partition coefficient (Wildman–Crippen LogP) is 2.04. The first kappa shape index (κ1) is 17.8. The molecule has 21 heavy (non-hydrogen) atoms. The van der Waals surface area contributed by atoms with Crippen molar-refractivity contribution in [2.24, 2.45) is 11.1 Å². The molecule has 3 N–H and O–H groups in total. The van der Waals surface area contributed by atoms with Crippen LogP contribution in [-0.2, 0) is 10.0 Å². The first-order valence-corrected chi connectivity index (χ1v) is 7.96. The van der Waals surface area contributed by atoms with E-state index in [1.54, 1.807) is 0 Å². The number of carbonyl (C=O) groups excluding carboxylic acids is 1. The van der Waals surface area contributed by atoms with Crippen LogP contribution in [0.4, 0.5) is 8.78 Å². The summed E-state index contributed by atoms with van der Waals surface area (Å²) < 4.78 is 49.5. The van der Waals surface area contributed by atoms with Crippen LogP contribution < -0.4 is 10.5 Å². The molecule has 1 amide bonds. The van der Waals surface area contributed by atoms with Crippen molar-refractivity contribution in [1.29, 1.82) is 0 Å². The largest absolute Gasteiger partial charge is 0.352 e. The lowest BCUT2D eigenvalue weighted by Gasteiger charge is -2.11. The molecule has 0 spiro atoms. The maximum Gasteiger partial charge on any atom is 0.252 e. The van der Waals surface area contributed by atoms with Crippen LogP contribution in [-0.4, -0.2) is 20.9 Å². The van der Waals surface area contributed by atoms with Crippen LogP contribution >= 0.6 is 11.6 Å². The molecule has 0 unspecified atom stereocenters. The zero-order chi connectivity index (χ0) is 16.4. The molecular formula is C12H15ClF2N2O3S. The molecule has 0 bridgehead atoms. The number of rotatable bonds is 5. The van der Waals surface area contributed by atoms with Crippen molar-refractivity contribution < 1.29 is 22.0 Å². The van der Waals surface area contributed by atoms with Crippen LogP contribution in [0.2, 0.25) is 5.02 Å². The van der Waals surface area contributed by atoms with Gasteiger partial charge in [-0.25, -0.2) is 22.3 Å². The minimum atomic E-state index is -4.60. The molecule has 9 heteroatoms. The van der Waals surface area contributed by atoms with Gasteiger partial charge in [-0.2, -0.15) is 0 Å². The van der Waals surface area contributed by atoms with E-state index in [0.717, 1.165) is 0 Å². The molecule has 0 heterocycles. The first-order chi connectivity index (χ1) is 9.55. The molecule has 0 aliphatic rings. The number of benzene rings is 1. The zero-order valence-corrected chi connectivity index (χ0v) is 13.0. The summed E-state index contributed by atoms with van der Waals surface area (Å²) in [4.78, 5) is 10.6. The number of hydrogen-bond donors (Lipinski definition) is 2. The maximum atomic E-state index is 13.5. The van der Waals surface area contributed by atoms with Gasteiger partial charge in [-0.1, -0.05) is 25.4 Å². The summed E-state index contributed by atoms with van der Waals surface area (Å²) in [5.74, 6) is -3.70. The van der Waals surface area contributed by atoms with Gasteiger partial charge in [0, 0.05) is 6.54 Å². The van der Waals surface area contributed by atoms with Crippen molar-refractivity contribution in [3.8, 4) is 0 Å². The Kier molecular flexibility index (Phi) is 5.66. The molecule has 0 saturated heterocycles. The average Bonchev–Trinajstić information content (AvgIpc) is 2.31. The monoisotopic (exact) mass is 340 g/mol. The molecule has 0 saturated carbocycles. The molecule has 1 aromatic carbocycles. The first-order valence-electron chi connectivity index (χ1n) is 6.04. The van der Waals surface area contributed by atoms with E-state index in [1.807, 2.05) is 13.8 Å². The Hall–Kier alpha value is -1.25. The van der Waals surface area contributed by atoms with E-state index >= 15 is 0 Å². The smallest absolute Gasteiger partial charge is 0.252 e. The molecule has 0 radical (unpaired) electrons. The molecule has 0 aliphatic carbocycles. The van der Waals surface area contributed by atoms with Crippen molar-refractivity contribution in [1.82, 2.24) is 5.32 Å². The van der Waals surface area contributed by atoms with Crippen molar-refractivity contribution in [3.63, 3.8) is 0 Å². The Balaban J connectivity index is 3.21. The predicted molar refractivity (Wildman–Crippen MR) is 74.5 cm³/mol. The lowest BCUT2D eigenvalue weighted by Crippen LogP contribution is -2.27. The second-order valence-electron chi connectivity index (χ2n) is 4.85. The zero-order valence-electron chi connectivity index (χ0n) is 11.4. The molecule has 0 aromatic heterocycles. The number of nitrogens with two attached hydrogens (primary N) is 1. The molecule has 0 atom stereocenters. The third-order valence-electron chi connectivity index (χ3n) is 2.65. The summed E-state index contributed by atoms with van der Waals surface area (Å²) in [6.45, 7) is 4.17. The van der Waals surface area contributed by atoms with Crippen LogP contribution in [0.5, 0.6) is 0 Å². The highest BCUT2D eigenvalue weighted by molar-refractivity contribution is 7.89. The lowest BCUT2D eigenvalue weighted by atomic mass is 10.1. The lowest BCUT2D eigenvalue weighted by molar-refractivity contribution is 0.0951. The maximum absolute atomic E-state index is 13.5. The quantitative estimate of drug-likeness (QED) is 0.804. The van der Waals surface area contributed by atoms with Gasteiger partial charge in [-0.05, 0) is 18.4 Å². The van der Waals surface area contributed by atoms with Gasteiger partial charge in [0.1, 0.15) is 4.90 Å². The fraction of sp³-hybridized carbons (Fsp3) is 0.417. The highest BCUT2D eigenvalue weighted by Gasteiger charge is 2.27. The molecular weight excluding hydrogens is 326 g/mol. The summed E-state index contributed by atoms with van der Waals surface area (Å²) in [5, 5.41) is 6.50. The second kappa shape index (κ2) is 6.67. The summed E-state index contributed by atoms with van der Waals surface area (Å²) in [5.41, 5.74) is -0.483. The van der Waals surface area contributed by atoms with Crippen molar-refractivity contribution in [3.05, 3.63) is 28.3 Å². The van der Waals surface area contributed by atoms with Gasteiger partial charge in [-0.15, -0.1) is 0 Å². The van der Waals surface area contributed by atoms with Crippen LogP contribution in [0.1, 0.15) is 30.6 Å². The Morgan fingerprint density at radius 3 is 2.48 bits per heavy atom. The van der Waals surface area contributed by atoms with Crippen molar-refractivity contribution in [2.45, 2.75) is 25.2 Å². The van der Waals surface area contributed by atoms with Gasteiger partial charge in [0.15, 0.2) is 11.6 Å². The number of amides is 1. The third-order valence-corrected chi connectivity index (χ3v) is 4.11. The van der Waals surface area contributed by atoms with E-state index in [1.165, 1.54) is 0 Å². The van der Waals surface area contributed by atoms with Gasteiger partial charge in [0.25, 0.3) is 5.91 Å². The van der Waals surface area contributed by atoms with E-state index in [-0.39, 0.29) is 6.54 Å². The minimum absolute atomic E-state index is 0.288. The average molecular weight is 341 g/mol. The molecule has 0 aliphatic heterocycles. The van der Waals surface area contributed by atoms with Crippen LogP contribution in [0.3, 0.4) is 0 Å². The van der Waals surface area contributed by atoms with Crippen LogP contribution in [0.15, 0.2) is 11.0 Å². The van der Waals surface area contributed by atoms with E-state index < -0.39 is 43.0 Å². The Bertz CT molecular complexity index is 663. The summed E-state index contributed by atoms with van der Waals surface area (Å²) in [7, 11) is -4.60. The molecule has 118 valence electrons. The normalized spacial score (nSPS) is 11.8. The number of primary sulfonamides is 1. The fourth-order valence-electron chi connectivity index (χ4n) is 1.57. The Labute approximate surface area is 126 Å². The summed E-state index contributed by atoms with van der Waals surface area (Å²) >= 11 is 5.68. The van der Waals surface area contributed by atoms with Gasteiger partial charge in [0.2, 0.25) is 10.0 Å². The molecule has 5 nitrogen and oxygen atoms in total. The number of nitrogens with one attached hydrogen (secondary N) is 1. The SMILES string of the molecule is CC(C)CCNC(=O)c1cc(F)c(F)c(S(N)(=O)=O)c1Cl. The van der Waals surface area contributed by atoms with Crippen LogP contribution in [0, 0.1) is 17.6 Å². The summed E-state index contributed by atoms with van der Waals surface area (Å²) in [6, 6.07) is 0.539. The second-order valence-corrected chi connectivity index (χ2v) is 6.72. The minimum Gasteiger partial charge on any atom is -0.352 e. The number of halogens is 3. The van der Waals surface area contributed by atoms with E-state index in [9.17, 15) is 22.0 Å². The number of carbonyl (C=O) groups is 1. The molecule has 1 rings (SSSR count). The van der Waals surface area contributed by atoms with Crippen molar-refractivity contribution >= 4 is 27.5 Å². The highest BCUT2D eigenvalue weighted by atomic mass is 35.5. The third kappa shape index (κ3) is 4.36. The van der Waals surface area contributed by atoms with Crippen LogP contribution in [0.25, 0.3) is 0 Å². The highest BCUT2D eigenvalue weighted by Crippen LogP contribution is 2.29. The van der Waals surface area contributed by atoms with E-state index in [0.29, 0.717) is 18.4 Å². The fourth-order valence-corrected chi connectivity index (χ4v) is 2.82. The number of sulfonamides is 1. The Morgan fingerprint density at radius 2 is 2.00 bits per heavy atom. The summed E-state index contributed by atoms with van der Waals surface area (Å²) in [6.07, 6.45) is 0.662. The van der Waals surface area contributed by atoms with Gasteiger partial charge < -0.3 is 5.32 Å². The van der Waals surface area contributed by atoms with Gasteiger partial charge >= 0.3 is 0 Å². The molecule has 1 aromatic rings. The standard InChI is InChI=1S/C12H15ClF2N2O3S/c1-6(2)3-4-17-12(18)7-5-8(14)10(15)11(9(7)13)21(16,19)20/h5-6H,3-4H2,1-2H3,(H,17,18)(H2,16,19,20). The topological polar surface area (TPSA) is 89.3 Å².